The van der Waals surface area contributed by atoms with Crippen LogP contribution in [0.2, 0.25) is 0 Å². The third-order valence-electron chi connectivity index (χ3n) is 1.93. The lowest BCUT2D eigenvalue weighted by molar-refractivity contribution is 0.578. The first-order valence-electron chi connectivity index (χ1n) is 4.53. The number of nitrogens with one attached hydrogen (secondary N) is 2. The Morgan fingerprint density at radius 3 is 3.00 bits per heavy atom. The minimum absolute atomic E-state index is 0.0664. The van der Waals surface area contributed by atoms with Crippen LogP contribution in [0.4, 0.5) is 15.3 Å². The fraction of sp³-hybridized carbons (Fsp3) is 0. The monoisotopic (exact) mass is 261 g/mol. The van der Waals surface area contributed by atoms with Crippen molar-refractivity contribution < 1.29 is 4.39 Å². The number of nitrogens with zero attached hydrogens (tertiary/aromatic N) is 3. The normalized spacial score (nSPS) is 9.50. The van der Waals surface area contributed by atoms with Crippen LogP contribution in [-0.4, -0.2) is 14.3 Å². The van der Waals surface area contributed by atoms with Gasteiger partial charge in [-0.15, -0.1) is 6.42 Å². The van der Waals surface area contributed by atoms with Crippen LogP contribution >= 0.6 is 11.5 Å². The predicted molar refractivity (Wildman–Crippen MR) is 62.9 cm³/mol. The Balaban J connectivity index is 2.36. The van der Waals surface area contributed by atoms with Gasteiger partial charge < -0.3 is 5.32 Å². The molecule has 2 rings (SSSR count). The van der Waals surface area contributed by atoms with Crippen molar-refractivity contribution in [2.24, 2.45) is 0 Å². The highest BCUT2D eigenvalue weighted by atomic mass is 32.1. The molecule has 0 saturated heterocycles. The first kappa shape index (κ1) is 11.8. The van der Waals surface area contributed by atoms with E-state index in [4.69, 9.17) is 11.7 Å². The van der Waals surface area contributed by atoms with E-state index in [0.29, 0.717) is 0 Å². The van der Waals surface area contributed by atoms with Gasteiger partial charge in [-0.1, -0.05) is 5.92 Å². The lowest BCUT2D eigenvalue weighted by Gasteiger charge is -2.01. The van der Waals surface area contributed by atoms with E-state index >= 15 is 0 Å². The zero-order chi connectivity index (χ0) is 13.1. The van der Waals surface area contributed by atoms with E-state index in [1.54, 1.807) is 6.07 Å². The van der Waals surface area contributed by atoms with Crippen LogP contribution in [-0.2, 0) is 0 Å². The molecule has 0 aliphatic heterocycles. The van der Waals surface area contributed by atoms with Crippen LogP contribution in [0.25, 0.3) is 0 Å². The van der Waals surface area contributed by atoms with E-state index in [0.717, 1.165) is 17.7 Å². The molecule has 2 N–H and O–H groups in total. The maximum atomic E-state index is 13.3. The Bertz CT molecular complexity index is 736. The molecule has 0 atom stereocenters. The summed E-state index contributed by atoms with van der Waals surface area (Å²) in [4.78, 5) is 18.4. The molecule has 0 aliphatic rings. The molecule has 18 heavy (non-hydrogen) atoms. The molecular formula is C10H4FN5OS. The molecule has 2 heterocycles. The summed E-state index contributed by atoms with van der Waals surface area (Å²) in [5.41, 5.74) is -0.695. The first-order chi connectivity index (χ1) is 8.65. The second-order valence-electron chi connectivity index (χ2n) is 3.02. The molecule has 0 aliphatic carbocycles. The fourth-order valence-electron chi connectivity index (χ4n) is 1.11. The quantitative estimate of drug-likeness (QED) is 0.620. The standard InChI is InChI=1S/C10H4FN5OS/c1-2-5-4-13-10(14-7(5)11)15-9-6(3-12)8(17)16-18-9/h1,4H,(H,16,17)(H,13,14,15). The Morgan fingerprint density at radius 2 is 2.39 bits per heavy atom. The van der Waals surface area contributed by atoms with Gasteiger partial charge in [-0.25, -0.2) is 4.98 Å². The van der Waals surface area contributed by atoms with Crippen LogP contribution in [0.3, 0.4) is 0 Å². The molecule has 0 unspecified atom stereocenters. The Labute approximate surface area is 104 Å². The van der Waals surface area contributed by atoms with Crippen LogP contribution < -0.4 is 10.9 Å². The molecule has 2 aromatic rings. The minimum atomic E-state index is -0.851. The number of hydrogen-bond donors (Lipinski definition) is 2. The molecule has 88 valence electrons. The Morgan fingerprint density at radius 1 is 1.61 bits per heavy atom. The van der Waals surface area contributed by atoms with Gasteiger partial charge in [-0.2, -0.15) is 14.6 Å². The van der Waals surface area contributed by atoms with Crippen molar-refractivity contribution >= 4 is 22.5 Å². The number of aromatic amines is 1. The molecule has 0 bridgehead atoms. The van der Waals surface area contributed by atoms with E-state index < -0.39 is 11.5 Å². The van der Waals surface area contributed by atoms with Crippen LogP contribution in [0.1, 0.15) is 11.1 Å². The summed E-state index contributed by atoms with van der Waals surface area (Å²) in [6, 6.07) is 1.72. The van der Waals surface area contributed by atoms with Gasteiger partial charge in [0.15, 0.2) is 5.56 Å². The number of hydrogen-bond acceptors (Lipinski definition) is 6. The lowest BCUT2D eigenvalue weighted by atomic mass is 10.3. The highest BCUT2D eigenvalue weighted by molar-refractivity contribution is 7.10. The maximum absolute atomic E-state index is 13.3. The third-order valence-corrected chi connectivity index (χ3v) is 2.73. The Hall–Kier alpha value is -2.71. The van der Waals surface area contributed by atoms with E-state index in [1.165, 1.54) is 0 Å². The van der Waals surface area contributed by atoms with Gasteiger partial charge in [0, 0.05) is 0 Å². The molecular weight excluding hydrogens is 257 g/mol. The van der Waals surface area contributed by atoms with Gasteiger partial charge in [-0.3, -0.25) is 9.17 Å². The smallest absolute Gasteiger partial charge is 0.278 e. The summed E-state index contributed by atoms with van der Waals surface area (Å²) in [7, 11) is 0. The molecule has 2 aromatic heterocycles. The second-order valence-corrected chi connectivity index (χ2v) is 3.83. The Kier molecular flexibility index (Phi) is 3.04. The SMILES string of the molecule is C#Cc1cnc(Nc2s[nH]c(=O)c2C#N)nc1F. The van der Waals surface area contributed by atoms with Crippen molar-refractivity contribution in [3.63, 3.8) is 0 Å². The van der Waals surface area contributed by atoms with Crippen molar-refractivity contribution in [3.05, 3.63) is 33.6 Å². The summed E-state index contributed by atoms with van der Waals surface area (Å²) in [6.07, 6.45) is 6.16. The maximum Gasteiger partial charge on any atom is 0.278 e. The topological polar surface area (TPSA) is 94.5 Å². The van der Waals surface area contributed by atoms with Crippen molar-refractivity contribution in [2.75, 3.05) is 5.32 Å². The van der Waals surface area contributed by atoms with Crippen molar-refractivity contribution in [2.45, 2.75) is 0 Å². The third kappa shape index (κ3) is 2.05. The van der Waals surface area contributed by atoms with Gasteiger partial charge in [0.25, 0.3) is 5.56 Å². The van der Waals surface area contributed by atoms with Crippen molar-refractivity contribution in [3.8, 4) is 18.4 Å². The van der Waals surface area contributed by atoms with E-state index in [1.807, 2.05) is 0 Å². The average Bonchev–Trinajstić information content (AvgIpc) is 2.70. The highest BCUT2D eigenvalue weighted by Gasteiger charge is 2.12. The summed E-state index contributed by atoms with van der Waals surface area (Å²) in [6.45, 7) is 0. The minimum Gasteiger partial charge on any atom is -0.313 e. The summed E-state index contributed by atoms with van der Waals surface area (Å²) in [5, 5.41) is 11.5. The predicted octanol–water partition coefficient (Wildman–Crippen LogP) is 0.962. The number of H-pyrrole nitrogens is 1. The summed E-state index contributed by atoms with van der Waals surface area (Å²) < 4.78 is 15.6. The van der Waals surface area contributed by atoms with Gasteiger partial charge >= 0.3 is 0 Å². The molecule has 8 heteroatoms. The summed E-state index contributed by atoms with van der Waals surface area (Å²) in [5.74, 6) is 1.14. The molecule has 6 nitrogen and oxygen atoms in total. The van der Waals surface area contributed by atoms with E-state index in [2.05, 4.69) is 25.6 Å². The largest absolute Gasteiger partial charge is 0.313 e. The zero-order valence-corrected chi connectivity index (χ0v) is 9.51. The number of terminal acetylenes is 1. The van der Waals surface area contributed by atoms with Crippen molar-refractivity contribution in [1.82, 2.24) is 14.3 Å². The first-order valence-corrected chi connectivity index (χ1v) is 5.35. The average molecular weight is 261 g/mol. The number of aromatic nitrogens is 3. The number of anilines is 2. The number of rotatable bonds is 2. The zero-order valence-electron chi connectivity index (χ0n) is 8.69. The molecule has 0 radical (unpaired) electrons. The number of nitriles is 1. The molecule has 0 fully saturated rings. The lowest BCUT2D eigenvalue weighted by Crippen LogP contribution is -2.04. The van der Waals surface area contributed by atoms with Gasteiger partial charge in [0.1, 0.15) is 11.1 Å². The van der Waals surface area contributed by atoms with Crippen LogP contribution in [0.5, 0.6) is 0 Å². The van der Waals surface area contributed by atoms with Gasteiger partial charge in [-0.05, 0) is 11.5 Å². The van der Waals surface area contributed by atoms with Crippen LogP contribution in [0.15, 0.2) is 11.0 Å². The van der Waals surface area contributed by atoms with E-state index in [9.17, 15) is 9.18 Å². The van der Waals surface area contributed by atoms with Crippen LogP contribution in [0, 0.1) is 29.6 Å². The molecule has 0 amide bonds. The van der Waals surface area contributed by atoms with Gasteiger partial charge in [0.2, 0.25) is 11.9 Å². The summed E-state index contributed by atoms with van der Waals surface area (Å²) >= 11 is 0.898. The highest BCUT2D eigenvalue weighted by Crippen LogP contribution is 2.19. The second kappa shape index (κ2) is 4.65. The molecule has 0 aromatic carbocycles. The van der Waals surface area contributed by atoms with E-state index in [-0.39, 0.29) is 22.1 Å². The molecule has 0 spiro atoms. The molecule has 0 saturated carbocycles. The van der Waals surface area contributed by atoms with Gasteiger partial charge in [0.05, 0.1) is 11.8 Å². The van der Waals surface area contributed by atoms with Crippen molar-refractivity contribution in [1.29, 1.82) is 5.26 Å². The number of halogens is 1. The fourth-order valence-corrected chi connectivity index (χ4v) is 1.79.